The SMILES string of the molecule is Cc1ccc(CN(C)C(=O)NC2CCN(Cc3ccccn3)CC2)cc1F. The quantitative estimate of drug-likeness (QED) is 0.878. The fourth-order valence-electron chi connectivity index (χ4n) is 3.32. The number of likely N-dealkylation sites (tertiary alicyclic amines) is 1. The lowest BCUT2D eigenvalue weighted by molar-refractivity contribution is 0.172. The highest BCUT2D eigenvalue weighted by Gasteiger charge is 2.22. The smallest absolute Gasteiger partial charge is 0.317 e. The summed E-state index contributed by atoms with van der Waals surface area (Å²) in [5.41, 5.74) is 2.48. The first-order chi connectivity index (χ1) is 13.0. The summed E-state index contributed by atoms with van der Waals surface area (Å²) >= 11 is 0. The lowest BCUT2D eigenvalue weighted by Gasteiger charge is -2.33. The standard InChI is InChI=1S/C21H27FN4O/c1-16-6-7-17(13-20(16)22)14-25(2)21(27)24-18-8-11-26(12-9-18)15-19-5-3-4-10-23-19/h3-7,10,13,18H,8-9,11-12,14-15H2,1-2H3,(H,24,27). The maximum atomic E-state index is 13.7. The van der Waals surface area contributed by atoms with Gasteiger partial charge in [0.25, 0.3) is 0 Å². The molecule has 3 rings (SSSR count). The summed E-state index contributed by atoms with van der Waals surface area (Å²) in [6.07, 6.45) is 3.66. The molecule has 0 aliphatic carbocycles. The van der Waals surface area contributed by atoms with Crippen LogP contribution in [0.25, 0.3) is 0 Å². The summed E-state index contributed by atoms with van der Waals surface area (Å²) in [7, 11) is 1.74. The highest BCUT2D eigenvalue weighted by Crippen LogP contribution is 2.14. The van der Waals surface area contributed by atoms with Crippen molar-refractivity contribution in [1.29, 1.82) is 0 Å². The van der Waals surface area contributed by atoms with Gasteiger partial charge < -0.3 is 10.2 Å². The molecule has 0 radical (unpaired) electrons. The van der Waals surface area contributed by atoms with Crippen molar-refractivity contribution in [3.63, 3.8) is 0 Å². The Hall–Kier alpha value is -2.47. The Balaban J connectivity index is 1.43. The van der Waals surface area contributed by atoms with Gasteiger partial charge in [0.15, 0.2) is 0 Å². The second-order valence-electron chi connectivity index (χ2n) is 7.26. The number of nitrogens with one attached hydrogen (secondary N) is 1. The van der Waals surface area contributed by atoms with Crippen LogP contribution in [0.2, 0.25) is 0 Å². The van der Waals surface area contributed by atoms with E-state index in [0.717, 1.165) is 43.7 Å². The van der Waals surface area contributed by atoms with Gasteiger partial charge in [0.1, 0.15) is 5.82 Å². The van der Waals surface area contributed by atoms with E-state index in [1.807, 2.05) is 30.5 Å². The lowest BCUT2D eigenvalue weighted by Crippen LogP contribution is -2.48. The molecular weight excluding hydrogens is 343 g/mol. The van der Waals surface area contributed by atoms with Crippen LogP contribution in [0.15, 0.2) is 42.6 Å². The predicted octanol–water partition coefficient (Wildman–Crippen LogP) is 3.34. The number of rotatable bonds is 5. The Morgan fingerprint density at radius 1 is 1.30 bits per heavy atom. The van der Waals surface area contributed by atoms with Crippen LogP contribution in [0, 0.1) is 12.7 Å². The minimum absolute atomic E-state index is 0.112. The number of urea groups is 1. The van der Waals surface area contributed by atoms with Crippen molar-refractivity contribution in [3.8, 4) is 0 Å². The van der Waals surface area contributed by atoms with Crippen LogP contribution in [0.1, 0.15) is 29.7 Å². The van der Waals surface area contributed by atoms with Crippen molar-refractivity contribution < 1.29 is 9.18 Å². The first-order valence-electron chi connectivity index (χ1n) is 9.40. The van der Waals surface area contributed by atoms with E-state index in [9.17, 15) is 9.18 Å². The van der Waals surface area contributed by atoms with Crippen LogP contribution in [0.4, 0.5) is 9.18 Å². The molecule has 5 nitrogen and oxygen atoms in total. The van der Waals surface area contributed by atoms with Crippen molar-refractivity contribution in [2.24, 2.45) is 0 Å². The molecule has 1 N–H and O–H groups in total. The third-order valence-electron chi connectivity index (χ3n) is 5.03. The van der Waals surface area contributed by atoms with Crippen molar-refractivity contribution >= 4 is 6.03 Å². The molecule has 1 aliphatic rings. The number of amides is 2. The number of benzene rings is 1. The third-order valence-corrected chi connectivity index (χ3v) is 5.03. The van der Waals surface area contributed by atoms with E-state index in [-0.39, 0.29) is 17.9 Å². The Morgan fingerprint density at radius 3 is 2.74 bits per heavy atom. The monoisotopic (exact) mass is 370 g/mol. The molecule has 2 heterocycles. The van der Waals surface area contributed by atoms with Gasteiger partial charge in [-0.05, 0) is 49.1 Å². The molecule has 1 aromatic heterocycles. The van der Waals surface area contributed by atoms with E-state index in [1.165, 1.54) is 6.07 Å². The Morgan fingerprint density at radius 2 is 2.07 bits per heavy atom. The largest absolute Gasteiger partial charge is 0.335 e. The van der Waals surface area contributed by atoms with Gasteiger partial charge in [0, 0.05) is 45.5 Å². The van der Waals surface area contributed by atoms with Crippen LogP contribution in [0.5, 0.6) is 0 Å². The predicted molar refractivity (Wildman–Crippen MR) is 104 cm³/mol. The first-order valence-corrected chi connectivity index (χ1v) is 9.40. The molecule has 1 aromatic carbocycles. The molecule has 2 amide bonds. The summed E-state index contributed by atoms with van der Waals surface area (Å²) in [5, 5.41) is 3.10. The number of carbonyl (C=O) groups is 1. The Labute approximate surface area is 160 Å². The summed E-state index contributed by atoms with van der Waals surface area (Å²) in [5.74, 6) is -0.235. The minimum Gasteiger partial charge on any atom is -0.335 e. The number of halogens is 1. The first kappa shape index (κ1) is 19.3. The summed E-state index contributed by atoms with van der Waals surface area (Å²) in [6.45, 7) is 4.85. The number of hydrogen-bond acceptors (Lipinski definition) is 3. The summed E-state index contributed by atoms with van der Waals surface area (Å²) < 4.78 is 13.7. The van der Waals surface area contributed by atoms with Crippen LogP contribution < -0.4 is 5.32 Å². The van der Waals surface area contributed by atoms with Crippen molar-refractivity contribution in [1.82, 2.24) is 20.1 Å². The average molecular weight is 370 g/mol. The van der Waals surface area contributed by atoms with Crippen molar-refractivity contribution in [3.05, 3.63) is 65.2 Å². The molecule has 1 fully saturated rings. The molecule has 6 heteroatoms. The molecule has 1 saturated heterocycles. The Bertz CT molecular complexity index is 760. The highest BCUT2D eigenvalue weighted by atomic mass is 19.1. The molecule has 0 bridgehead atoms. The summed E-state index contributed by atoms with van der Waals surface area (Å²) in [6, 6.07) is 11.1. The van der Waals surface area contributed by atoms with Gasteiger partial charge in [0.2, 0.25) is 0 Å². The molecular formula is C21H27FN4O. The fourth-order valence-corrected chi connectivity index (χ4v) is 3.32. The number of aromatic nitrogens is 1. The average Bonchev–Trinajstić information content (AvgIpc) is 2.67. The van der Waals surface area contributed by atoms with Crippen LogP contribution in [-0.2, 0) is 13.1 Å². The maximum Gasteiger partial charge on any atom is 0.317 e. The summed E-state index contributed by atoms with van der Waals surface area (Å²) in [4.78, 5) is 20.8. The molecule has 0 spiro atoms. The second-order valence-corrected chi connectivity index (χ2v) is 7.26. The van der Waals surface area contributed by atoms with Gasteiger partial charge in [-0.3, -0.25) is 9.88 Å². The molecule has 0 saturated carbocycles. The number of piperidine rings is 1. The van der Waals surface area contributed by atoms with Gasteiger partial charge in [0.05, 0.1) is 5.69 Å². The number of pyridine rings is 1. The van der Waals surface area contributed by atoms with E-state index in [2.05, 4.69) is 15.2 Å². The molecule has 0 atom stereocenters. The zero-order valence-corrected chi connectivity index (χ0v) is 16.0. The minimum atomic E-state index is -0.235. The molecule has 0 unspecified atom stereocenters. The topological polar surface area (TPSA) is 48.5 Å². The third kappa shape index (κ3) is 5.50. The van der Waals surface area contributed by atoms with E-state index in [1.54, 1.807) is 24.9 Å². The second kappa shape index (κ2) is 8.95. The Kier molecular flexibility index (Phi) is 6.40. The van der Waals surface area contributed by atoms with Crippen LogP contribution in [0.3, 0.4) is 0 Å². The van der Waals surface area contributed by atoms with Crippen molar-refractivity contribution in [2.45, 2.75) is 38.9 Å². The molecule has 27 heavy (non-hydrogen) atoms. The zero-order chi connectivity index (χ0) is 19.2. The van der Waals surface area contributed by atoms with Gasteiger partial charge in [-0.25, -0.2) is 9.18 Å². The van der Waals surface area contributed by atoms with Crippen LogP contribution >= 0.6 is 0 Å². The van der Waals surface area contributed by atoms with Crippen molar-refractivity contribution in [2.75, 3.05) is 20.1 Å². The van der Waals surface area contributed by atoms with E-state index in [0.29, 0.717) is 12.1 Å². The van der Waals surface area contributed by atoms with Gasteiger partial charge in [-0.2, -0.15) is 0 Å². The zero-order valence-electron chi connectivity index (χ0n) is 16.0. The van der Waals surface area contributed by atoms with Gasteiger partial charge in [-0.15, -0.1) is 0 Å². The fraction of sp³-hybridized carbons (Fsp3) is 0.429. The van der Waals surface area contributed by atoms with E-state index >= 15 is 0 Å². The molecule has 2 aromatic rings. The molecule has 144 valence electrons. The lowest BCUT2D eigenvalue weighted by atomic mass is 10.0. The number of nitrogens with zero attached hydrogens (tertiary/aromatic N) is 3. The van der Waals surface area contributed by atoms with Gasteiger partial charge >= 0.3 is 6.03 Å². The highest BCUT2D eigenvalue weighted by molar-refractivity contribution is 5.74. The maximum absolute atomic E-state index is 13.7. The van der Waals surface area contributed by atoms with E-state index < -0.39 is 0 Å². The molecule has 1 aliphatic heterocycles. The number of carbonyl (C=O) groups excluding carboxylic acids is 1. The normalized spacial score (nSPS) is 15.5. The van der Waals surface area contributed by atoms with Crippen LogP contribution in [-0.4, -0.2) is 47.0 Å². The number of aryl methyl sites for hydroxylation is 1. The van der Waals surface area contributed by atoms with Gasteiger partial charge in [-0.1, -0.05) is 18.2 Å². The number of hydrogen-bond donors (Lipinski definition) is 1. The van der Waals surface area contributed by atoms with E-state index in [4.69, 9.17) is 0 Å².